The van der Waals surface area contributed by atoms with E-state index in [9.17, 15) is 14.9 Å². The van der Waals surface area contributed by atoms with Crippen molar-refractivity contribution in [2.75, 3.05) is 19.8 Å². The molecular formula is C19H22N2O5. The molecule has 0 aliphatic carbocycles. The van der Waals surface area contributed by atoms with Gasteiger partial charge in [-0.3, -0.25) is 14.9 Å². The average molecular weight is 358 g/mol. The normalized spacial score (nSPS) is 10.2. The first-order valence-corrected chi connectivity index (χ1v) is 8.48. The summed E-state index contributed by atoms with van der Waals surface area (Å²) in [6, 6.07) is 13.0. The molecular weight excluding hydrogens is 336 g/mol. The lowest BCUT2D eigenvalue weighted by molar-refractivity contribution is -0.384. The number of hydrogen-bond donors (Lipinski definition) is 1. The summed E-state index contributed by atoms with van der Waals surface area (Å²) in [6.07, 6.45) is 1.52. The van der Waals surface area contributed by atoms with Crippen LogP contribution in [0.3, 0.4) is 0 Å². The summed E-state index contributed by atoms with van der Waals surface area (Å²) in [4.78, 5) is 22.3. The first-order valence-electron chi connectivity index (χ1n) is 8.48. The Morgan fingerprint density at radius 1 is 1.08 bits per heavy atom. The fourth-order valence-electron chi connectivity index (χ4n) is 2.18. The van der Waals surface area contributed by atoms with Crippen molar-refractivity contribution in [2.24, 2.45) is 0 Å². The second-order valence-corrected chi connectivity index (χ2v) is 5.59. The molecule has 1 N–H and O–H groups in total. The number of carbonyl (C=O) groups is 1. The summed E-state index contributed by atoms with van der Waals surface area (Å²) in [7, 11) is 0. The Morgan fingerprint density at radius 3 is 2.50 bits per heavy atom. The average Bonchev–Trinajstić information content (AvgIpc) is 2.66. The highest BCUT2D eigenvalue weighted by Gasteiger charge is 2.07. The minimum Gasteiger partial charge on any atom is -0.494 e. The van der Waals surface area contributed by atoms with Gasteiger partial charge in [0.05, 0.1) is 24.2 Å². The van der Waals surface area contributed by atoms with E-state index in [4.69, 9.17) is 9.47 Å². The van der Waals surface area contributed by atoms with Gasteiger partial charge in [0, 0.05) is 18.2 Å². The maximum atomic E-state index is 12.1. The van der Waals surface area contributed by atoms with Gasteiger partial charge < -0.3 is 14.8 Å². The number of amides is 1. The molecule has 0 heterocycles. The number of benzene rings is 2. The molecule has 2 aromatic carbocycles. The van der Waals surface area contributed by atoms with Gasteiger partial charge >= 0.3 is 0 Å². The third-order valence-corrected chi connectivity index (χ3v) is 3.49. The summed E-state index contributed by atoms with van der Waals surface area (Å²) in [5, 5.41) is 13.5. The van der Waals surface area contributed by atoms with Crippen molar-refractivity contribution in [3.05, 3.63) is 64.2 Å². The molecule has 0 fully saturated rings. The lowest BCUT2D eigenvalue weighted by Gasteiger charge is -2.08. The zero-order valence-corrected chi connectivity index (χ0v) is 14.6. The molecule has 0 aromatic heterocycles. The van der Waals surface area contributed by atoms with Crippen molar-refractivity contribution in [3.63, 3.8) is 0 Å². The molecule has 0 unspecified atom stereocenters. The second-order valence-electron chi connectivity index (χ2n) is 5.59. The van der Waals surface area contributed by atoms with Crippen LogP contribution in [0.1, 0.15) is 30.1 Å². The Labute approximate surface area is 152 Å². The molecule has 0 spiro atoms. The van der Waals surface area contributed by atoms with Crippen LogP contribution in [0.15, 0.2) is 48.5 Å². The van der Waals surface area contributed by atoms with Gasteiger partial charge in [-0.25, -0.2) is 0 Å². The minimum atomic E-state index is -0.467. The van der Waals surface area contributed by atoms with E-state index < -0.39 is 4.92 Å². The van der Waals surface area contributed by atoms with Gasteiger partial charge in [-0.1, -0.05) is 13.0 Å². The van der Waals surface area contributed by atoms with E-state index in [0.717, 1.165) is 12.2 Å². The van der Waals surface area contributed by atoms with Gasteiger partial charge in [-0.05, 0) is 43.2 Å². The van der Waals surface area contributed by atoms with Crippen molar-refractivity contribution >= 4 is 11.6 Å². The fourth-order valence-corrected chi connectivity index (χ4v) is 2.18. The van der Waals surface area contributed by atoms with Crippen molar-refractivity contribution in [2.45, 2.75) is 19.8 Å². The molecule has 2 aromatic rings. The third kappa shape index (κ3) is 6.08. The maximum Gasteiger partial charge on any atom is 0.273 e. The molecule has 138 valence electrons. The molecule has 0 saturated heterocycles. The van der Waals surface area contributed by atoms with E-state index in [-0.39, 0.29) is 11.6 Å². The molecule has 0 radical (unpaired) electrons. The number of nitrogens with one attached hydrogen (secondary N) is 1. The lowest BCUT2D eigenvalue weighted by atomic mass is 10.2. The van der Waals surface area contributed by atoms with Gasteiger partial charge in [0.25, 0.3) is 11.6 Å². The molecule has 0 atom stereocenters. The number of rotatable bonds is 10. The number of ether oxygens (including phenoxy) is 2. The Hall–Kier alpha value is -3.09. The number of nitrogens with zero attached hydrogens (tertiary/aromatic N) is 1. The highest BCUT2D eigenvalue weighted by molar-refractivity contribution is 5.94. The Bertz CT molecular complexity index is 731. The Kier molecular flexibility index (Phi) is 7.42. The molecule has 26 heavy (non-hydrogen) atoms. The van der Waals surface area contributed by atoms with E-state index in [2.05, 4.69) is 5.32 Å². The molecule has 7 heteroatoms. The van der Waals surface area contributed by atoms with Crippen LogP contribution in [0.25, 0.3) is 0 Å². The quantitative estimate of drug-likeness (QED) is 0.398. The number of carbonyl (C=O) groups excluding carboxylic acids is 1. The smallest absolute Gasteiger partial charge is 0.273 e. The molecule has 2 rings (SSSR count). The van der Waals surface area contributed by atoms with Crippen LogP contribution in [0.5, 0.6) is 11.5 Å². The summed E-state index contributed by atoms with van der Waals surface area (Å²) < 4.78 is 10.9. The van der Waals surface area contributed by atoms with Crippen LogP contribution >= 0.6 is 0 Å². The van der Waals surface area contributed by atoms with Crippen molar-refractivity contribution < 1.29 is 19.2 Å². The second kappa shape index (κ2) is 10.0. The van der Waals surface area contributed by atoms with Gasteiger partial charge in [0.1, 0.15) is 11.5 Å². The van der Waals surface area contributed by atoms with Crippen LogP contribution in [0, 0.1) is 10.1 Å². The maximum absolute atomic E-state index is 12.1. The van der Waals surface area contributed by atoms with Gasteiger partial charge in [-0.2, -0.15) is 0 Å². The van der Waals surface area contributed by atoms with Crippen LogP contribution in [-0.4, -0.2) is 30.6 Å². The molecule has 1 amide bonds. The monoisotopic (exact) mass is 358 g/mol. The number of nitro benzene ring substituents is 1. The lowest BCUT2D eigenvalue weighted by Crippen LogP contribution is -2.25. The topological polar surface area (TPSA) is 90.7 Å². The third-order valence-electron chi connectivity index (χ3n) is 3.49. The summed E-state index contributed by atoms with van der Waals surface area (Å²) in [5.41, 5.74) is 0.551. The molecule has 7 nitrogen and oxygen atoms in total. The Balaban J connectivity index is 1.70. The van der Waals surface area contributed by atoms with Gasteiger partial charge in [0.2, 0.25) is 0 Å². The summed E-state index contributed by atoms with van der Waals surface area (Å²) in [6.45, 7) is 3.48. The predicted octanol–water partition coefficient (Wildman–Crippen LogP) is 3.58. The van der Waals surface area contributed by atoms with E-state index >= 15 is 0 Å². The number of non-ortho nitro benzene ring substituents is 1. The van der Waals surface area contributed by atoms with Crippen LogP contribution < -0.4 is 14.8 Å². The molecule has 0 bridgehead atoms. The number of nitro groups is 1. The molecule has 0 aliphatic rings. The van der Waals surface area contributed by atoms with Crippen molar-refractivity contribution in [3.8, 4) is 11.5 Å². The largest absolute Gasteiger partial charge is 0.494 e. The number of hydrogen-bond acceptors (Lipinski definition) is 5. The molecule has 0 aliphatic heterocycles. The van der Waals surface area contributed by atoms with E-state index in [1.807, 2.05) is 6.92 Å². The van der Waals surface area contributed by atoms with Gasteiger partial charge in [-0.15, -0.1) is 0 Å². The first kappa shape index (κ1) is 19.2. The van der Waals surface area contributed by atoms with Crippen LogP contribution in [0.2, 0.25) is 0 Å². The summed E-state index contributed by atoms with van der Waals surface area (Å²) >= 11 is 0. The summed E-state index contributed by atoms with van der Waals surface area (Å²) in [5.74, 6) is 1.02. The Morgan fingerprint density at radius 2 is 1.81 bits per heavy atom. The van der Waals surface area contributed by atoms with Crippen LogP contribution in [0.4, 0.5) is 5.69 Å². The first-order chi connectivity index (χ1) is 12.6. The zero-order chi connectivity index (χ0) is 18.8. The van der Waals surface area contributed by atoms with Gasteiger partial charge in [0.15, 0.2) is 0 Å². The molecule has 0 saturated carbocycles. The highest BCUT2D eigenvalue weighted by atomic mass is 16.6. The minimum absolute atomic E-state index is 0.0119. The SMILES string of the molecule is CCCOc1ccc(C(=O)NCCCOc2cccc([N+](=O)[O-])c2)cc1. The fraction of sp³-hybridized carbons (Fsp3) is 0.316. The van der Waals surface area contributed by atoms with E-state index in [1.54, 1.807) is 36.4 Å². The van der Waals surface area contributed by atoms with E-state index in [0.29, 0.717) is 37.5 Å². The van der Waals surface area contributed by atoms with Crippen molar-refractivity contribution in [1.29, 1.82) is 0 Å². The predicted molar refractivity (Wildman–Crippen MR) is 97.8 cm³/mol. The van der Waals surface area contributed by atoms with Crippen LogP contribution in [-0.2, 0) is 0 Å². The highest BCUT2D eigenvalue weighted by Crippen LogP contribution is 2.19. The zero-order valence-electron chi connectivity index (χ0n) is 14.6. The van der Waals surface area contributed by atoms with E-state index in [1.165, 1.54) is 12.1 Å². The standard InChI is InChI=1S/C19H22N2O5/c1-2-12-25-17-9-7-15(8-10-17)19(22)20-11-4-13-26-18-6-3-5-16(14-18)21(23)24/h3,5-10,14H,2,4,11-13H2,1H3,(H,20,22). The van der Waals surface area contributed by atoms with Crippen molar-refractivity contribution in [1.82, 2.24) is 5.32 Å².